The van der Waals surface area contributed by atoms with Crippen LogP contribution in [0.1, 0.15) is 24.5 Å². The van der Waals surface area contributed by atoms with Crippen LogP contribution in [0.2, 0.25) is 0 Å². The zero-order valence-corrected chi connectivity index (χ0v) is 14.1. The van der Waals surface area contributed by atoms with E-state index in [-0.39, 0.29) is 11.8 Å². The predicted molar refractivity (Wildman–Crippen MR) is 96.9 cm³/mol. The topological polar surface area (TPSA) is 70.2 Å². The molecule has 0 aliphatic carbocycles. The van der Waals surface area contributed by atoms with Gasteiger partial charge in [-0.15, -0.1) is 0 Å². The number of carbonyl (C=O) groups excluding carboxylic acids is 2. The molecule has 24 heavy (non-hydrogen) atoms. The summed E-state index contributed by atoms with van der Waals surface area (Å²) in [7, 11) is 0. The molecule has 0 radical (unpaired) electrons. The van der Waals surface area contributed by atoms with Crippen LogP contribution in [0.5, 0.6) is 0 Å². The first-order valence-corrected chi connectivity index (χ1v) is 7.97. The van der Waals surface area contributed by atoms with Gasteiger partial charge in [0.2, 0.25) is 11.8 Å². The predicted octanol–water partition coefficient (Wildman–Crippen LogP) is 3.07. The van der Waals surface area contributed by atoms with Gasteiger partial charge in [-0.25, -0.2) is 0 Å². The summed E-state index contributed by atoms with van der Waals surface area (Å²) in [4.78, 5) is 22.9. The Balaban J connectivity index is 1.73. The number of hydrogen-bond donors (Lipinski definition) is 3. The van der Waals surface area contributed by atoms with Crippen molar-refractivity contribution in [3.8, 4) is 0 Å². The third kappa shape index (κ3) is 6.12. The van der Waals surface area contributed by atoms with Gasteiger partial charge >= 0.3 is 0 Å². The molecule has 0 unspecified atom stereocenters. The van der Waals surface area contributed by atoms with Crippen LogP contribution in [-0.2, 0) is 16.1 Å². The van der Waals surface area contributed by atoms with Crippen LogP contribution in [0.15, 0.2) is 48.5 Å². The fraction of sp³-hybridized carbons (Fsp3) is 0.263. The standard InChI is InChI=1S/C19H23N3O2/c1-14-5-3-6-16(11-14)13-21-19(24)9-10-20-17-7-4-8-18(12-17)22-15(2)23/h3-8,11-12,20H,9-10,13H2,1-2H3,(H,21,24)(H,22,23). The fourth-order valence-electron chi connectivity index (χ4n) is 2.34. The molecule has 5 nitrogen and oxygen atoms in total. The van der Waals surface area contributed by atoms with E-state index in [1.807, 2.05) is 49.4 Å². The smallest absolute Gasteiger partial charge is 0.222 e. The summed E-state index contributed by atoms with van der Waals surface area (Å²) in [5.74, 6) is -0.107. The maximum absolute atomic E-state index is 11.9. The summed E-state index contributed by atoms with van der Waals surface area (Å²) in [6.45, 7) is 4.57. The highest BCUT2D eigenvalue weighted by Gasteiger charge is 2.02. The molecule has 0 heterocycles. The van der Waals surface area contributed by atoms with Crippen LogP contribution in [0.4, 0.5) is 11.4 Å². The molecule has 0 spiro atoms. The zero-order valence-electron chi connectivity index (χ0n) is 14.1. The normalized spacial score (nSPS) is 10.1. The molecule has 5 heteroatoms. The number of aryl methyl sites for hydroxylation is 1. The largest absolute Gasteiger partial charge is 0.384 e. The summed E-state index contributed by atoms with van der Waals surface area (Å²) < 4.78 is 0. The molecule has 2 amide bonds. The Labute approximate surface area is 142 Å². The second-order valence-corrected chi connectivity index (χ2v) is 5.70. The summed E-state index contributed by atoms with van der Waals surface area (Å²) in [5, 5.41) is 8.83. The Morgan fingerprint density at radius 3 is 2.50 bits per heavy atom. The highest BCUT2D eigenvalue weighted by Crippen LogP contribution is 2.14. The van der Waals surface area contributed by atoms with Gasteiger partial charge in [0.05, 0.1) is 0 Å². The Morgan fingerprint density at radius 1 is 1.00 bits per heavy atom. The van der Waals surface area contributed by atoms with Crippen LogP contribution < -0.4 is 16.0 Å². The van der Waals surface area contributed by atoms with Gasteiger partial charge in [-0.1, -0.05) is 35.9 Å². The van der Waals surface area contributed by atoms with Gasteiger partial charge in [0.15, 0.2) is 0 Å². The number of anilines is 2. The van der Waals surface area contributed by atoms with Crippen LogP contribution in [-0.4, -0.2) is 18.4 Å². The van der Waals surface area contributed by atoms with Crippen molar-refractivity contribution < 1.29 is 9.59 Å². The zero-order chi connectivity index (χ0) is 17.4. The Bertz CT molecular complexity index is 713. The third-order valence-electron chi connectivity index (χ3n) is 3.44. The van der Waals surface area contributed by atoms with Gasteiger partial charge < -0.3 is 16.0 Å². The molecular weight excluding hydrogens is 302 g/mol. The maximum Gasteiger partial charge on any atom is 0.222 e. The number of benzene rings is 2. The van der Waals surface area contributed by atoms with Crippen molar-refractivity contribution in [2.45, 2.75) is 26.8 Å². The lowest BCUT2D eigenvalue weighted by atomic mass is 10.1. The average Bonchev–Trinajstić information content (AvgIpc) is 2.53. The number of hydrogen-bond acceptors (Lipinski definition) is 3. The van der Waals surface area contributed by atoms with Gasteiger partial charge in [0.1, 0.15) is 0 Å². The molecular formula is C19H23N3O2. The van der Waals surface area contributed by atoms with E-state index in [0.717, 1.165) is 16.9 Å². The minimum absolute atomic E-state index is 0.00187. The minimum Gasteiger partial charge on any atom is -0.384 e. The fourth-order valence-corrected chi connectivity index (χ4v) is 2.34. The Morgan fingerprint density at radius 2 is 1.75 bits per heavy atom. The monoisotopic (exact) mass is 325 g/mol. The van der Waals surface area contributed by atoms with Crippen LogP contribution in [0.25, 0.3) is 0 Å². The maximum atomic E-state index is 11.9. The van der Waals surface area contributed by atoms with Crippen molar-refractivity contribution in [3.05, 3.63) is 59.7 Å². The molecule has 0 aliphatic heterocycles. The first-order chi connectivity index (χ1) is 11.5. The lowest BCUT2D eigenvalue weighted by Crippen LogP contribution is -2.24. The van der Waals surface area contributed by atoms with Gasteiger partial charge in [0, 0.05) is 37.8 Å². The molecule has 3 N–H and O–H groups in total. The first-order valence-electron chi connectivity index (χ1n) is 7.97. The lowest BCUT2D eigenvalue weighted by Gasteiger charge is -2.09. The van der Waals surface area contributed by atoms with Gasteiger partial charge in [-0.05, 0) is 30.7 Å². The van der Waals surface area contributed by atoms with Crippen molar-refractivity contribution in [2.75, 3.05) is 17.2 Å². The highest BCUT2D eigenvalue weighted by molar-refractivity contribution is 5.89. The second kappa shape index (κ2) is 8.72. The molecule has 0 aliphatic rings. The van der Waals surface area contributed by atoms with Crippen molar-refractivity contribution in [2.24, 2.45) is 0 Å². The van der Waals surface area contributed by atoms with Crippen molar-refractivity contribution >= 4 is 23.2 Å². The van der Waals surface area contributed by atoms with Gasteiger partial charge in [0.25, 0.3) is 0 Å². The van der Waals surface area contributed by atoms with Crippen molar-refractivity contribution in [1.82, 2.24) is 5.32 Å². The van der Waals surface area contributed by atoms with Gasteiger partial charge in [-0.3, -0.25) is 9.59 Å². The number of rotatable bonds is 7. The molecule has 0 saturated carbocycles. The molecule has 0 aromatic heterocycles. The SMILES string of the molecule is CC(=O)Nc1cccc(NCCC(=O)NCc2cccc(C)c2)c1. The van der Waals surface area contributed by atoms with E-state index in [2.05, 4.69) is 22.0 Å². The van der Waals surface area contributed by atoms with E-state index < -0.39 is 0 Å². The Hall–Kier alpha value is -2.82. The first kappa shape index (κ1) is 17.5. The summed E-state index contributed by atoms with van der Waals surface area (Å²) in [5.41, 5.74) is 3.88. The third-order valence-corrected chi connectivity index (χ3v) is 3.44. The quantitative estimate of drug-likeness (QED) is 0.733. The average molecular weight is 325 g/mol. The molecule has 0 atom stereocenters. The summed E-state index contributed by atoms with van der Waals surface area (Å²) in [6, 6.07) is 15.5. The van der Waals surface area contributed by atoms with Crippen LogP contribution in [0.3, 0.4) is 0 Å². The van der Waals surface area contributed by atoms with E-state index in [1.165, 1.54) is 12.5 Å². The highest BCUT2D eigenvalue weighted by atomic mass is 16.2. The number of amides is 2. The lowest BCUT2D eigenvalue weighted by molar-refractivity contribution is -0.121. The van der Waals surface area contributed by atoms with Gasteiger partial charge in [-0.2, -0.15) is 0 Å². The molecule has 0 saturated heterocycles. The van der Waals surface area contributed by atoms with E-state index in [1.54, 1.807) is 0 Å². The number of nitrogens with one attached hydrogen (secondary N) is 3. The van der Waals surface area contributed by atoms with Crippen LogP contribution >= 0.6 is 0 Å². The molecule has 2 aromatic carbocycles. The second-order valence-electron chi connectivity index (χ2n) is 5.70. The Kier molecular flexibility index (Phi) is 6.37. The molecule has 126 valence electrons. The molecule has 0 bridgehead atoms. The van der Waals surface area contributed by atoms with Crippen molar-refractivity contribution in [3.63, 3.8) is 0 Å². The molecule has 2 aromatic rings. The summed E-state index contributed by atoms with van der Waals surface area (Å²) in [6.07, 6.45) is 0.385. The van der Waals surface area contributed by atoms with E-state index in [4.69, 9.17) is 0 Å². The van der Waals surface area contributed by atoms with E-state index in [9.17, 15) is 9.59 Å². The van der Waals surface area contributed by atoms with E-state index in [0.29, 0.717) is 19.5 Å². The minimum atomic E-state index is -0.109. The van der Waals surface area contributed by atoms with Crippen LogP contribution in [0, 0.1) is 6.92 Å². The summed E-state index contributed by atoms with van der Waals surface area (Å²) >= 11 is 0. The van der Waals surface area contributed by atoms with Crippen molar-refractivity contribution in [1.29, 1.82) is 0 Å². The molecule has 2 rings (SSSR count). The van der Waals surface area contributed by atoms with E-state index >= 15 is 0 Å². The number of carbonyl (C=O) groups is 2. The molecule has 0 fully saturated rings.